The topological polar surface area (TPSA) is 60.9 Å². The molecule has 6 nitrogen and oxygen atoms in total. The van der Waals surface area contributed by atoms with Gasteiger partial charge in [-0.2, -0.15) is 0 Å². The predicted molar refractivity (Wildman–Crippen MR) is 152 cm³/mol. The summed E-state index contributed by atoms with van der Waals surface area (Å²) in [7, 11) is -3.88. The summed E-state index contributed by atoms with van der Waals surface area (Å²) in [5.74, 6) is -0.325. The number of nitrogens with zero attached hydrogens (tertiary/aromatic N) is 3. The van der Waals surface area contributed by atoms with E-state index in [1.807, 2.05) is 43.9 Å². The zero-order valence-electron chi connectivity index (χ0n) is 21.9. The molecule has 0 aromatic heterocycles. The molecule has 1 unspecified atom stereocenters. The van der Waals surface area contributed by atoms with E-state index in [0.29, 0.717) is 31.9 Å². The zero-order valence-corrected chi connectivity index (χ0v) is 24.3. The molecule has 1 aliphatic heterocycles. The molecule has 0 aliphatic carbocycles. The molecule has 1 saturated heterocycles. The fraction of sp³-hybridized carbons (Fsp3) is 0.345. The third kappa shape index (κ3) is 6.81. The minimum absolute atomic E-state index is 0.0190. The average molecular weight is 603 g/mol. The first-order chi connectivity index (χ1) is 18.0. The van der Waals surface area contributed by atoms with E-state index < -0.39 is 10.0 Å². The van der Waals surface area contributed by atoms with Crippen molar-refractivity contribution in [1.82, 2.24) is 9.80 Å². The molecule has 1 fully saturated rings. The molecule has 1 heterocycles. The molecule has 3 aromatic rings. The molecule has 9 heteroatoms. The first-order valence-electron chi connectivity index (χ1n) is 12.7. The number of carbonyl (C=O) groups excluding carboxylic acids is 1. The van der Waals surface area contributed by atoms with Crippen molar-refractivity contribution in [2.75, 3.05) is 30.5 Å². The molecule has 1 amide bonds. The normalized spacial score (nSPS) is 16.4. The quantitative estimate of drug-likeness (QED) is 0.341. The van der Waals surface area contributed by atoms with Crippen molar-refractivity contribution in [3.63, 3.8) is 0 Å². The number of hydrogen-bond acceptors (Lipinski definition) is 4. The van der Waals surface area contributed by atoms with E-state index in [1.165, 1.54) is 16.4 Å². The summed E-state index contributed by atoms with van der Waals surface area (Å²) in [6.45, 7) is 8.56. The Balaban J connectivity index is 1.47. The van der Waals surface area contributed by atoms with E-state index in [2.05, 4.69) is 20.8 Å². The summed E-state index contributed by atoms with van der Waals surface area (Å²) in [4.78, 5) is 17.6. The van der Waals surface area contributed by atoms with Gasteiger partial charge in [0.05, 0.1) is 10.6 Å². The molecule has 0 radical (unpaired) electrons. The van der Waals surface area contributed by atoms with Crippen LogP contribution in [-0.2, 0) is 21.4 Å². The number of sulfonamides is 1. The van der Waals surface area contributed by atoms with Gasteiger partial charge < -0.3 is 4.90 Å². The molecule has 202 valence electrons. The second-order valence-corrected chi connectivity index (χ2v) is 12.7. The maximum absolute atomic E-state index is 13.7. The molecule has 1 aliphatic rings. The van der Waals surface area contributed by atoms with Crippen LogP contribution in [0.3, 0.4) is 0 Å². The second-order valence-electron chi connectivity index (χ2n) is 9.92. The van der Waals surface area contributed by atoms with Crippen LogP contribution in [0.4, 0.5) is 10.1 Å². The van der Waals surface area contributed by atoms with Gasteiger partial charge in [0.2, 0.25) is 5.91 Å². The predicted octanol–water partition coefficient (Wildman–Crippen LogP) is 5.52. The van der Waals surface area contributed by atoms with Crippen molar-refractivity contribution in [1.29, 1.82) is 0 Å². The lowest BCUT2D eigenvalue weighted by atomic mass is 10.1. The summed E-state index contributed by atoms with van der Waals surface area (Å²) < 4.78 is 42.8. The lowest BCUT2D eigenvalue weighted by molar-refractivity contribution is -0.135. The van der Waals surface area contributed by atoms with Gasteiger partial charge in [-0.05, 0) is 86.0 Å². The average Bonchev–Trinajstić information content (AvgIpc) is 2.85. The maximum atomic E-state index is 13.7. The van der Waals surface area contributed by atoms with Gasteiger partial charge >= 0.3 is 0 Å². The van der Waals surface area contributed by atoms with Crippen LogP contribution in [-0.4, -0.2) is 56.3 Å². The van der Waals surface area contributed by atoms with Gasteiger partial charge in [-0.25, -0.2) is 12.8 Å². The number of carbonyl (C=O) groups is 1. The Morgan fingerprint density at radius 3 is 2.24 bits per heavy atom. The lowest BCUT2D eigenvalue weighted by Gasteiger charge is -2.40. The van der Waals surface area contributed by atoms with Crippen LogP contribution in [0.15, 0.2) is 76.1 Å². The molecule has 0 saturated carbocycles. The lowest BCUT2D eigenvalue weighted by Crippen LogP contribution is -2.54. The van der Waals surface area contributed by atoms with Crippen molar-refractivity contribution in [3.8, 4) is 0 Å². The van der Waals surface area contributed by atoms with E-state index in [-0.39, 0.29) is 35.6 Å². The first-order valence-corrected chi connectivity index (χ1v) is 14.9. The van der Waals surface area contributed by atoms with E-state index in [9.17, 15) is 17.6 Å². The number of amides is 1. The zero-order chi connectivity index (χ0) is 27.4. The molecular formula is C29H33BrFN3O3S. The van der Waals surface area contributed by atoms with Crippen molar-refractivity contribution in [2.45, 2.75) is 44.7 Å². The second kappa shape index (κ2) is 12.0. The highest BCUT2D eigenvalue weighted by Crippen LogP contribution is 2.27. The van der Waals surface area contributed by atoms with E-state index >= 15 is 0 Å². The van der Waals surface area contributed by atoms with Crippen LogP contribution in [0.5, 0.6) is 0 Å². The minimum Gasteiger partial charge on any atom is -0.337 e. The van der Waals surface area contributed by atoms with Crippen LogP contribution in [0.25, 0.3) is 0 Å². The molecule has 3 aromatic carbocycles. The summed E-state index contributed by atoms with van der Waals surface area (Å²) in [6.07, 6.45) is 0.0745. The molecule has 0 N–H and O–H groups in total. The van der Waals surface area contributed by atoms with Crippen molar-refractivity contribution in [3.05, 3.63) is 93.7 Å². The Kier molecular flexibility index (Phi) is 8.90. The monoisotopic (exact) mass is 601 g/mol. The molecular weight excluding hydrogens is 569 g/mol. The van der Waals surface area contributed by atoms with Gasteiger partial charge in [0.15, 0.2) is 0 Å². The standard InChI is InChI=1S/C29H33BrFN3O3S/c1-21-16-22(2)18-27(17-21)34(38(36,37)28-10-6-25(30)7-11-28)13-12-29(35)33-15-14-32(19-23(33)3)20-24-4-8-26(31)9-5-24/h4-11,16-18,23H,12-15,19-20H2,1-3H3. The Labute approximate surface area is 233 Å². The molecule has 0 spiro atoms. The Morgan fingerprint density at radius 1 is 1.00 bits per heavy atom. The van der Waals surface area contributed by atoms with Gasteiger partial charge in [-0.3, -0.25) is 14.0 Å². The Hall–Kier alpha value is -2.75. The number of rotatable bonds is 8. The van der Waals surface area contributed by atoms with Crippen LogP contribution in [0, 0.1) is 19.7 Å². The highest BCUT2D eigenvalue weighted by molar-refractivity contribution is 9.10. The van der Waals surface area contributed by atoms with E-state index in [4.69, 9.17) is 0 Å². The maximum Gasteiger partial charge on any atom is 0.264 e. The van der Waals surface area contributed by atoms with Crippen LogP contribution in [0.2, 0.25) is 0 Å². The third-order valence-electron chi connectivity index (χ3n) is 6.78. The summed E-state index contributed by atoms with van der Waals surface area (Å²) in [5.41, 5.74) is 3.48. The number of aryl methyl sites for hydroxylation is 2. The van der Waals surface area contributed by atoms with Crippen molar-refractivity contribution in [2.24, 2.45) is 0 Å². The third-order valence-corrected chi connectivity index (χ3v) is 9.15. The Morgan fingerprint density at radius 2 is 1.63 bits per heavy atom. The summed E-state index contributed by atoms with van der Waals surface area (Å²) in [6, 6.07) is 18.7. The van der Waals surface area contributed by atoms with Crippen LogP contribution in [0.1, 0.15) is 30.0 Å². The number of anilines is 1. The molecule has 4 rings (SSSR count). The number of halogens is 2. The fourth-order valence-electron chi connectivity index (χ4n) is 4.95. The molecule has 1 atom stereocenters. The minimum atomic E-state index is -3.88. The van der Waals surface area contributed by atoms with E-state index in [0.717, 1.165) is 21.2 Å². The van der Waals surface area contributed by atoms with Gasteiger partial charge in [0.1, 0.15) is 5.82 Å². The first kappa shape index (κ1) is 28.3. The summed E-state index contributed by atoms with van der Waals surface area (Å²) >= 11 is 3.36. The van der Waals surface area contributed by atoms with E-state index in [1.54, 1.807) is 36.4 Å². The van der Waals surface area contributed by atoms with Gasteiger partial charge in [0, 0.05) is 49.7 Å². The summed E-state index contributed by atoms with van der Waals surface area (Å²) in [5, 5.41) is 0. The van der Waals surface area contributed by atoms with Gasteiger partial charge in [-0.1, -0.05) is 34.1 Å². The van der Waals surface area contributed by atoms with Crippen LogP contribution < -0.4 is 4.31 Å². The fourth-order valence-corrected chi connectivity index (χ4v) is 6.67. The highest BCUT2D eigenvalue weighted by Gasteiger charge is 2.30. The van der Waals surface area contributed by atoms with Crippen LogP contribution >= 0.6 is 15.9 Å². The number of hydrogen-bond donors (Lipinski definition) is 0. The molecule has 0 bridgehead atoms. The number of piperazine rings is 1. The number of benzene rings is 3. The smallest absolute Gasteiger partial charge is 0.264 e. The highest BCUT2D eigenvalue weighted by atomic mass is 79.9. The van der Waals surface area contributed by atoms with Gasteiger partial charge in [0.25, 0.3) is 10.0 Å². The van der Waals surface area contributed by atoms with Gasteiger partial charge in [-0.15, -0.1) is 0 Å². The largest absolute Gasteiger partial charge is 0.337 e. The Bertz CT molecular complexity index is 1360. The van der Waals surface area contributed by atoms with Crippen molar-refractivity contribution < 1.29 is 17.6 Å². The molecule has 38 heavy (non-hydrogen) atoms. The van der Waals surface area contributed by atoms with Crippen molar-refractivity contribution >= 4 is 37.5 Å². The SMILES string of the molecule is Cc1cc(C)cc(N(CCC(=O)N2CCN(Cc3ccc(F)cc3)CC2C)S(=O)(=O)c2ccc(Br)cc2)c1.